The summed E-state index contributed by atoms with van der Waals surface area (Å²) in [5.74, 6) is 0.358. The SMILES string of the molecule is O=[N+]([O-])c1ccc(Oc2c(Cl)cc(Cl)cc2Cl)cc1OCCO. The summed E-state index contributed by atoms with van der Waals surface area (Å²) in [5, 5.41) is 20.5. The van der Waals surface area contributed by atoms with Gasteiger partial charge in [0.25, 0.3) is 0 Å². The van der Waals surface area contributed by atoms with E-state index in [1.165, 1.54) is 30.3 Å². The highest BCUT2D eigenvalue weighted by Crippen LogP contribution is 2.40. The molecule has 0 aliphatic heterocycles. The number of nitro groups is 1. The number of benzene rings is 2. The summed E-state index contributed by atoms with van der Waals surface area (Å²) >= 11 is 17.9. The highest BCUT2D eigenvalue weighted by atomic mass is 35.5. The molecular weight excluding hydrogens is 369 g/mol. The normalized spacial score (nSPS) is 10.4. The summed E-state index contributed by atoms with van der Waals surface area (Å²) in [7, 11) is 0. The lowest BCUT2D eigenvalue weighted by molar-refractivity contribution is -0.385. The highest BCUT2D eigenvalue weighted by Gasteiger charge is 2.18. The summed E-state index contributed by atoms with van der Waals surface area (Å²) in [6.07, 6.45) is 0. The molecule has 0 unspecified atom stereocenters. The van der Waals surface area contributed by atoms with E-state index < -0.39 is 4.92 Å². The Kier molecular flexibility index (Phi) is 5.90. The lowest BCUT2D eigenvalue weighted by atomic mass is 10.2. The summed E-state index contributed by atoms with van der Waals surface area (Å²) in [6, 6.07) is 6.83. The maximum atomic E-state index is 11.0. The van der Waals surface area contributed by atoms with Crippen molar-refractivity contribution in [3.05, 3.63) is 55.5 Å². The summed E-state index contributed by atoms with van der Waals surface area (Å²) in [5.41, 5.74) is -0.251. The first kappa shape index (κ1) is 17.6. The Morgan fingerprint density at radius 2 is 1.78 bits per heavy atom. The summed E-state index contributed by atoms with van der Waals surface area (Å²) < 4.78 is 10.7. The molecule has 0 fully saturated rings. The predicted octanol–water partition coefficient (Wildman–Crippen LogP) is 4.72. The van der Waals surface area contributed by atoms with E-state index in [4.69, 9.17) is 49.4 Å². The molecule has 0 atom stereocenters. The van der Waals surface area contributed by atoms with Gasteiger partial charge in [0.15, 0.2) is 5.75 Å². The van der Waals surface area contributed by atoms with E-state index in [1.807, 2.05) is 0 Å². The molecule has 6 nitrogen and oxygen atoms in total. The minimum Gasteiger partial charge on any atom is -0.484 e. The lowest BCUT2D eigenvalue weighted by Crippen LogP contribution is -2.04. The molecule has 0 radical (unpaired) electrons. The summed E-state index contributed by atoms with van der Waals surface area (Å²) in [6.45, 7) is -0.371. The van der Waals surface area contributed by atoms with Crippen LogP contribution in [-0.2, 0) is 0 Å². The lowest BCUT2D eigenvalue weighted by Gasteiger charge is -2.11. The van der Waals surface area contributed by atoms with Crippen molar-refractivity contribution in [1.82, 2.24) is 0 Å². The van der Waals surface area contributed by atoms with Crippen molar-refractivity contribution in [1.29, 1.82) is 0 Å². The third kappa shape index (κ3) is 4.39. The maximum absolute atomic E-state index is 11.0. The Hall–Kier alpha value is -1.73. The molecule has 0 amide bonds. The first-order chi connectivity index (χ1) is 10.9. The van der Waals surface area contributed by atoms with Gasteiger partial charge in [-0.1, -0.05) is 34.8 Å². The van der Waals surface area contributed by atoms with Crippen LogP contribution in [0.2, 0.25) is 15.1 Å². The van der Waals surface area contributed by atoms with Crippen LogP contribution in [0.15, 0.2) is 30.3 Å². The molecule has 2 rings (SSSR count). The molecule has 122 valence electrons. The number of ether oxygens (including phenoxy) is 2. The molecule has 0 spiro atoms. The van der Waals surface area contributed by atoms with Gasteiger partial charge in [-0.25, -0.2) is 0 Å². The van der Waals surface area contributed by atoms with Gasteiger partial charge in [-0.15, -0.1) is 0 Å². The molecular formula is C14H10Cl3NO5. The van der Waals surface area contributed by atoms with E-state index in [2.05, 4.69) is 0 Å². The van der Waals surface area contributed by atoms with Crippen LogP contribution < -0.4 is 9.47 Å². The molecule has 2 aromatic carbocycles. The van der Waals surface area contributed by atoms with Crippen molar-refractivity contribution < 1.29 is 19.5 Å². The minimum absolute atomic E-state index is 0.0391. The molecule has 9 heteroatoms. The van der Waals surface area contributed by atoms with E-state index in [0.29, 0.717) is 5.02 Å². The second-order valence-corrected chi connectivity index (χ2v) is 5.51. The molecule has 0 saturated heterocycles. The number of hydrogen-bond acceptors (Lipinski definition) is 5. The number of nitro benzene ring substituents is 1. The second kappa shape index (κ2) is 7.70. The van der Waals surface area contributed by atoms with E-state index in [9.17, 15) is 10.1 Å². The zero-order valence-corrected chi connectivity index (χ0v) is 13.7. The zero-order chi connectivity index (χ0) is 17.0. The molecule has 0 aromatic heterocycles. The van der Waals surface area contributed by atoms with Crippen LogP contribution in [0.1, 0.15) is 0 Å². The van der Waals surface area contributed by atoms with Crippen LogP contribution >= 0.6 is 34.8 Å². The fraction of sp³-hybridized carbons (Fsp3) is 0.143. The van der Waals surface area contributed by atoms with Crippen molar-refractivity contribution in [2.24, 2.45) is 0 Å². The largest absolute Gasteiger partial charge is 0.484 e. The van der Waals surface area contributed by atoms with Gasteiger partial charge in [0.1, 0.15) is 12.4 Å². The van der Waals surface area contributed by atoms with Crippen LogP contribution in [0.5, 0.6) is 17.2 Å². The Morgan fingerprint density at radius 3 is 2.35 bits per heavy atom. The van der Waals surface area contributed by atoms with E-state index >= 15 is 0 Å². The van der Waals surface area contributed by atoms with Gasteiger partial charge in [0, 0.05) is 17.2 Å². The Morgan fingerprint density at radius 1 is 1.13 bits per heavy atom. The number of halogens is 3. The molecule has 0 heterocycles. The van der Waals surface area contributed by atoms with Gasteiger partial charge in [0.2, 0.25) is 5.75 Å². The maximum Gasteiger partial charge on any atom is 0.311 e. The van der Waals surface area contributed by atoms with Gasteiger partial charge in [-0.2, -0.15) is 0 Å². The number of aliphatic hydroxyl groups excluding tert-OH is 1. The third-order valence-electron chi connectivity index (χ3n) is 2.66. The van der Waals surface area contributed by atoms with Crippen molar-refractivity contribution in [2.75, 3.05) is 13.2 Å². The minimum atomic E-state index is -0.598. The fourth-order valence-corrected chi connectivity index (χ4v) is 2.62. The molecule has 0 aliphatic carbocycles. The van der Waals surface area contributed by atoms with Crippen LogP contribution in [0.3, 0.4) is 0 Å². The average molecular weight is 379 g/mol. The smallest absolute Gasteiger partial charge is 0.311 e. The standard InChI is InChI=1S/C14H10Cl3NO5/c15-8-5-10(16)14(11(17)6-8)23-9-1-2-12(18(20)21)13(7-9)22-4-3-19/h1-2,5-7,19H,3-4H2. The second-order valence-electron chi connectivity index (χ2n) is 4.26. The van der Waals surface area contributed by atoms with Gasteiger partial charge in [-0.3, -0.25) is 10.1 Å². The Bertz CT molecular complexity index is 715. The van der Waals surface area contributed by atoms with E-state index in [-0.39, 0.29) is 46.2 Å². The van der Waals surface area contributed by atoms with Crippen molar-refractivity contribution in [3.8, 4) is 17.2 Å². The zero-order valence-electron chi connectivity index (χ0n) is 11.5. The summed E-state index contributed by atoms with van der Waals surface area (Å²) in [4.78, 5) is 10.4. The van der Waals surface area contributed by atoms with Crippen molar-refractivity contribution in [2.45, 2.75) is 0 Å². The quantitative estimate of drug-likeness (QED) is 0.581. The fourth-order valence-electron chi connectivity index (χ4n) is 1.72. The van der Waals surface area contributed by atoms with E-state index in [0.717, 1.165) is 0 Å². The van der Waals surface area contributed by atoms with Gasteiger partial charge in [0.05, 0.1) is 21.6 Å². The first-order valence-corrected chi connectivity index (χ1v) is 7.40. The Balaban J connectivity index is 2.35. The topological polar surface area (TPSA) is 81.8 Å². The molecule has 0 aliphatic rings. The number of aliphatic hydroxyl groups is 1. The van der Waals surface area contributed by atoms with Gasteiger partial charge >= 0.3 is 5.69 Å². The molecule has 23 heavy (non-hydrogen) atoms. The van der Waals surface area contributed by atoms with Gasteiger partial charge in [-0.05, 0) is 18.2 Å². The van der Waals surface area contributed by atoms with Crippen LogP contribution in [0.25, 0.3) is 0 Å². The predicted molar refractivity (Wildman–Crippen MR) is 87.2 cm³/mol. The molecule has 0 bridgehead atoms. The third-order valence-corrected chi connectivity index (χ3v) is 3.44. The van der Waals surface area contributed by atoms with Crippen LogP contribution in [0.4, 0.5) is 5.69 Å². The van der Waals surface area contributed by atoms with Crippen LogP contribution in [-0.4, -0.2) is 23.2 Å². The van der Waals surface area contributed by atoms with Crippen molar-refractivity contribution in [3.63, 3.8) is 0 Å². The highest BCUT2D eigenvalue weighted by molar-refractivity contribution is 6.40. The van der Waals surface area contributed by atoms with Crippen molar-refractivity contribution >= 4 is 40.5 Å². The number of rotatable bonds is 6. The monoisotopic (exact) mass is 377 g/mol. The Labute approximate surface area is 146 Å². The first-order valence-electron chi connectivity index (χ1n) is 6.27. The molecule has 0 saturated carbocycles. The molecule has 2 aromatic rings. The molecule has 1 N–H and O–H groups in total. The number of nitrogens with zero attached hydrogens (tertiary/aromatic N) is 1. The van der Waals surface area contributed by atoms with Gasteiger partial charge < -0.3 is 14.6 Å². The van der Waals surface area contributed by atoms with Crippen LogP contribution in [0, 0.1) is 10.1 Å². The number of hydrogen-bond donors (Lipinski definition) is 1. The van der Waals surface area contributed by atoms with E-state index in [1.54, 1.807) is 0 Å². The average Bonchev–Trinajstić information content (AvgIpc) is 2.48.